The van der Waals surface area contributed by atoms with Crippen molar-refractivity contribution in [3.63, 3.8) is 0 Å². The topological polar surface area (TPSA) is 79.5 Å². The van der Waals surface area contributed by atoms with Crippen LogP contribution in [0, 0.1) is 0 Å². The number of aryl methyl sites for hydroxylation is 1. The summed E-state index contributed by atoms with van der Waals surface area (Å²) < 4.78 is 2.01. The average Bonchev–Trinajstić information content (AvgIpc) is 3.29. The standard InChI is InChI=1S/C18H25N7S.HI/c1-3-14-13-22-17(26-14)9-11-21-18(19-4-2)20-10-8-16-24-23-15-7-5-6-12-25(15)16;/h5-7,12-13H,3-4,8-11H2,1-2H3,(H2,19,20,21);1H. The molecule has 0 bridgehead atoms. The maximum absolute atomic E-state index is 4.64. The minimum Gasteiger partial charge on any atom is -0.357 e. The second kappa shape index (κ2) is 11.2. The normalized spacial score (nSPS) is 11.4. The van der Waals surface area contributed by atoms with Gasteiger partial charge in [0.15, 0.2) is 11.6 Å². The number of thiazole rings is 1. The quantitative estimate of drug-likeness (QED) is 0.283. The summed E-state index contributed by atoms with van der Waals surface area (Å²) in [6, 6.07) is 5.91. The minimum absolute atomic E-state index is 0. The Kier molecular flexibility index (Phi) is 8.92. The van der Waals surface area contributed by atoms with Gasteiger partial charge in [-0.3, -0.25) is 9.39 Å². The minimum atomic E-state index is 0. The van der Waals surface area contributed by atoms with E-state index in [0.717, 1.165) is 61.3 Å². The van der Waals surface area contributed by atoms with Crippen LogP contribution in [0.25, 0.3) is 5.65 Å². The lowest BCUT2D eigenvalue weighted by molar-refractivity contribution is 0.762. The summed E-state index contributed by atoms with van der Waals surface area (Å²) >= 11 is 1.78. The number of fused-ring (bicyclic) bond motifs is 1. The summed E-state index contributed by atoms with van der Waals surface area (Å²) in [6.07, 6.45) is 6.65. The molecule has 0 atom stereocenters. The first-order chi connectivity index (χ1) is 12.8. The summed E-state index contributed by atoms with van der Waals surface area (Å²) in [6.45, 7) is 6.52. The van der Waals surface area contributed by atoms with Crippen LogP contribution in [0.15, 0.2) is 35.6 Å². The van der Waals surface area contributed by atoms with E-state index in [1.54, 1.807) is 11.3 Å². The molecule has 0 aliphatic rings. The Labute approximate surface area is 180 Å². The first-order valence-electron chi connectivity index (χ1n) is 9.04. The van der Waals surface area contributed by atoms with Crippen LogP contribution >= 0.6 is 35.3 Å². The second-order valence-corrected chi connectivity index (χ2v) is 7.01. The average molecular weight is 499 g/mol. The summed E-state index contributed by atoms with van der Waals surface area (Å²) in [5.74, 6) is 1.77. The molecule has 0 aromatic carbocycles. The highest BCUT2D eigenvalue weighted by molar-refractivity contribution is 14.0. The Morgan fingerprint density at radius 3 is 2.85 bits per heavy atom. The van der Waals surface area contributed by atoms with Crippen molar-refractivity contribution in [3.05, 3.63) is 46.3 Å². The SMILES string of the molecule is CCNC(=NCCc1ncc(CC)s1)NCCc1nnc2ccccn12.I. The first kappa shape index (κ1) is 21.5. The van der Waals surface area contributed by atoms with Crippen molar-refractivity contribution in [1.82, 2.24) is 30.2 Å². The third-order valence-corrected chi connectivity index (χ3v) is 5.12. The van der Waals surface area contributed by atoms with Gasteiger partial charge in [0.2, 0.25) is 0 Å². The van der Waals surface area contributed by atoms with Crippen molar-refractivity contribution >= 4 is 46.9 Å². The van der Waals surface area contributed by atoms with E-state index < -0.39 is 0 Å². The lowest BCUT2D eigenvalue weighted by Gasteiger charge is -2.10. The second-order valence-electron chi connectivity index (χ2n) is 5.81. The molecule has 3 aromatic rings. The number of nitrogens with one attached hydrogen (secondary N) is 2. The fourth-order valence-corrected chi connectivity index (χ4v) is 3.44. The molecule has 146 valence electrons. The highest BCUT2D eigenvalue weighted by Gasteiger charge is 2.05. The molecule has 0 fully saturated rings. The predicted molar refractivity (Wildman–Crippen MR) is 121 cm³/mol. The molecular formula is C18H26IN7S. The molecule has 0 radical (unpaired) electrons. The number of hydrogen-bond acceptors (Lipinski definition) is 5. The zero-order valence-corrected chi connectivity index (χ0v) is 18.8. The first-order valence-corrected chi connectivity index (χ1v) is 9.86. The number of nitrogens with zero attached hydrogens (tertiary/aromatic N) is 5. The molecule has 3 aromatic heterocycles. The Morgan fingerprint density at radius 1 is 1.19 bits per heavy atom. The van der Waals surface area contributed by atoms with Crippen LogP contribution in [0.5, 0.6) is 0 Å². The Balaban J connectivity index is 0.00000261. The maximum Gasteiger partial charge on any atom is 0.191 e. The number of aromatic nitrogens is 4. The van der Waals surface area contributed by atoms with Gasteiger partial charge in [-0.1, -0.05) is 13.0 Å². The van der Waals surface area contributed by atoms with Crippen molar-refractivity contribution in [2.24, 2.45) is 4.99 Å². The van der Waals surface area contributed by atoms with Gasteiger partial charge in [-0.05, 0) is 25.5 Å². The predicted octanol–water partition coefficient (Wildman–Crippen LogP) is 2.71. The maximum atomic E-state index is 4.64. The smallest absolute Gasteiger partial charge is 0.191 e. The van der Waals surface area contributed by atoms with E-state index in [4.69, 9.17) is 0 Å². The van der Waals surface area contributed by atoms with Gasteiger partial charge in [0.1, 0.15) is 5.82 Å². The van der Waals surface area contributed by atoms with Gasteiger partial charge >= 0.3 is 0 Å². The molecule has 0 saturated heterocycles. The van der Waals surface area contributed by atoms with E-state index in [1.807, 2.05) is 35.0 Å². The van der Waals surface area contributed by atoms with Crippen molar-refractivity contribution in [2.75, 3.05) is 19.6 Å². The molecule has 0 saturated carbocycles. The Hall–Kier alpha value is -1.75. The number of aliphatic imine (C=N–C) groups is 1. The van der Waals surface area contributed by atoms with Gasteiger partial charge < -0.3 is 10.6 Å². The number of hydrogen-bond donors (Lipinski definition) is 2. The van der Waals surface area contributed by atoms with Crippen LogP contribution in [-0.2, 0) is 19.3 Å². The number of rotatable bonds is 8. The molecule has 2 N–H and O–H groups in total. The fourth-order valence-electron chi connectivity index (χ4n) is 2.59. The van der Waals surface area contributed by atoms with E-state index >= 15 is 0 Å². The van der Waals surface area contributed by atoms with Gasteiger partial charge in [0, 0.05) is 49.7 Å². The van der Waals surface area contributed by atoms with Crippen molar-refractivity contribution < 1.29 is 0 Å². The molecule has 0 spiro atoms. The molecule has 3 rings (SSSR count). The third kappa shape index (κ3) is 6.13. The van der Waals surface area contributed by atoms with Gasteiger partial charge in [-0.2, -0.15) is 0 Å². The van der Waals surface area contributed by atoms with Crippen LogP contribution in [-0.4, -0.2) is 45.2 Å². The molecule has 0 amide bonds. The lowest BCUT2D eigenvalue weighted by Crippen LogP contribution is -2.38. The number of guanidine groups is 1. The van der Waals surface area contributed by atoms with Crippen LogP contribution in [0.1, 0.15) is 29.6 Å². The molecule has 7 nitrogen and oxygen atoms in total. The molecular weight excluding hydrogens is 473 g/mol. The highest BCUT2D eigenvalue weighted by atomic mass is 127. The monoisotopic (exact) mass is 499 g/mol. The van der Waals surface area contributed by atoms with Gasteiger partial charge in [-0.15, -0.1) is 45.5 Å². The Morgan fingerprint density at radius 2 is 2.07 bits per heavy atom. The largest absolute Gasteiger partial charge is 0.357 e. The summed E-state index contributed by atoms with van der Waals surface area (Å²) in [5, 5.41) is 16.2. The van der Waals surface area contributed by atoms with Crippen molar-refractivity contribution in [3.8, 4) is 0 Å². The van der Waals surface area contributed by atoms with Crippen LogP contribution < -0.4 is 10.6 Å². The van der Waals surface area contributed by atoms with Gasteiger partial charge in [-0.25, -0.2) is 4.98 Å². The van der Waals surface area contributed by atoms with Crippen molar-refractivity contribution in [2.45, 2.75) is 33.1 Å². The molecule has 3 heterocycles. The van der Waals surface area contributed by atoms with E-state index in [-0.39, 0.29) is 24.0 Å². The van der Waals surface area contributed by atoms with Gasteiger partial charge in [0.25, 0.3) is 0 Å². The molecule has 0 unspecified atom stereocenters. The number of halogens is 1. The van der Waals surface area contributed by atoms with E-state index in [1.165, 1.54) is 4.88 Å². The van der Waals surface area contributed by atoms with E-state index in [0.29, 0.717) is 0 Å². The summed E-state index contributed by atoms with van der Waals surface area (Å²) in [7, 11) is 0. The van der Waals surface area contributed by atoms with E-state index in [2.05, 4.69) is 44.7 Å². The lowest BCUT2D eigenvalue weighted by atomic mass is 10.4. The summed E-state index contributed by atoms with van der Waals surface area (Å²) in [4.78, 5) is 10.4. The highest BCUT2D eigenvalue weighted by Crippen LogP contribution is 2.13. The molecule has 9 heteroatoms. The number of pyridine rings is 1. The summed E-state index contributed by atoms with van der Waals surface area (Å²) in [5.41, 5.74) is 0.873. The molecule has 0 aliphatic heterocycles. The fraction of sp³-hybridized carbons (Fsp3) is 0.444. The van der Waals surface area contributed by atoms with E-state index in [9.17, 15) is 0 Å². The van der Waals surface area contributed by atoms with Gasteiger partial charge in [0.05, 0.1) is 5.01 Å². The van der Waals surface area contributed by atoms with Crippen LogP contribution in [0.3, 0.4) is 0 Å². The zero-order valence-electron chi connectivity index (χ0n) is 15.7. The zero-order chi connectivity index (χ0) is 18.2. The Bertz CT molecular complexity index is 858. The van der Waals surface area contributed by atoms with Crippen LogP contribution in [0.4, 0.5) is 0 Å². The van der Waals surface area contributed by atoms with Crippen LogP contribution in [0.2, 0.25) is 0 Å². The van der Waals surface area contributed by atoms with Crippen molar-refractivity contribution in [1.29, 1.82) is 0 Å². The molecule has 0 aliphatic carbocycles. The molecule has 27 heavy (non-hydrogen) atoms. The third-order valence-electron chi connectivity index (χ3n) is 3.92.